The third-order valence-corrected chi connectivity index (χ3v) is 6.56. The molecule has 0 spiro atoms. The van der Waals surface area contributed by atoms with Crippen LogP contribution in [-0.2, 0) is 12.8 Å². The molecule has 2 amide bonds. The van der Waals surface area contributed by atoms with E-state index >= 15 is 0 Å². The van der Waals surface area contributed by atoms with Gasteiger partial charge in [-0.3, -0.25) is 14.6 Å². The maximum Gasteiger partial charge on any atom is 0.269 e. The van der Waals surface area contributed by atoms with Gasteiger partial charge in [0.2, 0.25) is 0 Å². The summed E-state index contributed by atoms with van der Waals surface area (Å²) in [4.78, 5) is 36.1. The zero-order valence-corrected chi connectivity index (χ0v) is 21.3. The molecule has 0 bridgehead atoms. The Labute approximate surface area is 219 Å². The second kappa shape index (κ2) is 11.1. The van der Waals surface area contributed by atoms with Gasteiger partial charge in [-0.2, -0.15) is 0 Å². The predicted octanol–water partition coefficient (Wildman–Crippen LogP) is 4.01. The van der Waals surface area contributed by atoms with Gasteiger partial charge in [0, 0.05) is 59.0 Å². The molecule has 0 fully saturated rings. The summed E-state index contributed by atoms with van der Waals surface area (Å²) in [5.74, 6) is 0.978. The lowest BCUT2D eigenvalue weighted by atomic mass is 10.1. The molecule has 0 atom stereocenters. The van der Waals surface area contributed by atoms with Crippen molar-refractivity contribution in [3.63, 3.8) is 0 Å². The number of pyridine rings is 1. The first-order valence-corrected chi connectivity index (χ1v) is 12.4. The quantitative estimate of drug-likeness (QED) is 0.226. The number of nitrogens with one attached hydrogen (secondary N) is 4. The van der Waals surface area contributed by atoms with E-state index in [1.807, 2.05) is 48.8 Å². The first kappa shape index (κ1) is 24.9. The topological polar surface area (TPSA) is 121 Å². The lowest BCUT2D eigenvalue weighted by molar-refractivity contribution is 0.0949. The van der Waals surface area contributed by atoms with Crippen molar-refractivity contribution in [2.75, 3.05) is 27.3 Å². The van der Waals surface area contributed by atoms with E-state index in [9.17, 15) is 9.59 Å². The molecule has 3 aromatic heterocycles. The number of aromatic amines is 2. The van der Waals surface area contributed by atoms with Crippen LogP contribution < -0.4 is 20.1 Å². The number of ether oxygens (including phenoxy) is 2. The molecule has 0 saturated heterocycles. The molecular weight excluding hydrogens is 482 g/mol. The first-order chi connectivity index (χ1) is 18.6. The van der Waals surface area contributed by atoms with E-state index < -0.39 is 0 Å². The first-order valence-electron chi connectivity index (χ1n) is 12.4. The van der Waals surface area contributed by atoms with Gasteiger partial charge in [-0.25, -0.2) is 0 Å². The fourth-order valence-electron chi connectivity index (χ4n) is 4.49. The van der Waals surface area contributed by atoms with Crippen molar-refractivity contribution < 1.29 is 19.1 Å². The maximum atomic E-state index is 12.7. The molecule has 0 aliphatic heterocycles. The molecule has 9 heteroatoms. The van der Waals surface area contributed by atoms with Crippen molar-refractivity contribution in [3.05, 3.63) is 89.5 Å². The Bertz CT molecular complexity index is 1490. The van der Waals surface area contributed by atoms with E-state index in [0.29, 0.717) is 31.5 Å². The van der Waals surface area contributed by atoms with Gasteiger partial charge in [-0.1, -0.05) is 0 Å². The fourth-order valence-corrected chi connectivity index (χ4v) is 4.49. The number of hydrogen-bond donors (Lipinski definition) is 4. The molecular formula is C29H29N5O4. The van der Waals surface area contributed by atoms with Gasteiger partial charge < -0.3 is 30.1 Å². The average molecular weight is 512 g/mol. The Morgan fingerprint density at radius 1 is 0.763 bits per heavy atom. The Kier molecular flexibility index (Phi) is 7.26. The van der Waals surface area contributed by atoms with E-state index in [4.69, 9.17) is 9.47 Å². The highest BCUT2D eigenvalue weighted by Gasteiger charge is 2.13. The number of amides is 2. The smallest absolute Gasteiger partial charge is 0.269 e. The summed E-state index contributed by atoms with van der Waals surface area (Å²) >= 11 is 0. The number of fused-ring (bicyclic) bond motifs is 2. The zero-order chi connectivity index (χ0) is 26.5. The highest BCUT2D eigenvalue weighted by molar-refractivity contribution is 5.98. The summed E-state index contributed by atoms with van der Waals surface area (Å²) in [5.41, 5.74) is 4.77. The molecule has 9 nitrogen and oxygen atoms in total. The number of rotatable bonds is 10. The minimum Gasteiger partial charge on any atom is -0.497 e. The van der Waals surface area contributed by atoms with E-state index in [1.54, 1.807) is 20.3 Å². The largest absolute Gasteiger partial charge is 0.497 e. The number of aromatic nitrogens is 3. The summed E-state index contributed by atoms with van der Waals surface area (Å²) in [6, 6.07) is 14.8. The minimum atomic E-state index is -0.329. The molecule has 3 heterocycles. The molecule has 0 saturated carbocycles. The fraction of sp³-hybridized carbons (Fsp3) is 0.207. The van der Waals surface area contributed by atoms with Crippen LogP contribution in [0.4, 0.5) is 0 Å². The molecule has 5 aromatic rings. The normalized spacial score (nSPS) is 11.0. The number of hydrogen-bond acceptors (Lipinski definition) is 5. The maximum absolute atomic E-state index is 12.7. The van der Waals surface area contributed by atoms with E-state index in [2.05, 4.69) is 25.6 Å². The SMILES string of the molecule is COc1ccc2[nH]cc(CCNC(=O)c3ccnc(C(=O)NCCc4c[nH]c5ccc(OC)cc45)c3)c2c1. The molecule has 38 heavy (non-hydrogen) atoms. The monoisotopic (exact) mass is 511 g/mol. The number of nitrogens with zero attached hydrogens (tertiary/aromatic N) is 1. The Morgan fingerprint density at radius 3 is 1.87 bits per heavy atom. The average Bonchev–Trinajstić information content (AvgIpc) is 3.56. The molecule has 0 radical (unpaired) electrons. The molecule has 0 aliphatic carbocycles. The van der Waals surface area contributed by atoms with Crippen LogP contribution in [0.5, 0.6) is 11.5 Å². The van der Waals surface area contributed by atoms with Crippen molar-refractivity contribution in [3.8, 4) is 11.5 Å². The van der Waals surface area contributed by atoms with Crippen LogP contribution in [-0.4, -0.2) is 54.1 Å². The Morgan fingerprint density at radius 2 is 1.32 bits per heavy atom. The number of H-pyrrole nitrogens is 2. The molecule has 0 unspecified atom stereocenters. The number of benzene rings is 2. The summed E-state index contributed by atoms with van der Waals surface area (Å²) in [5, 5.41) is 7.94. The van der Waals surface area contributed by atoms with Gasteiger partial charge in [0.1, 0.15) is 17.2 Å². The molecule has 0 aliphatic rings. The van der Waals surface area contributed by atoms with Crippen molar-refractivity contribution in [2.45, 2.75) is 12.8 Å². The zero-order valence-electron chi connectivity index (χ0n) is 21.3. The van der Waals surface area contributed by atoms with Gasteiger partial charge in [0.15, 0.2) is 0 Å². The second-order valence-electron chi connectivity index (χ2n) is 8.89. The van der Waals surface area contributed by atoms with Crippen molar-refractivity contribution in [1.82, 2.24) is 25.6 Å². The van der Waals surface area contributed by atoms with Crippen LogP contribution in [0.1, 0.15) is 32.0 Å². The third kappa shape index (κ3) is 5.31. The summed E-state index contributed by atoms with van der Waals surface area (Å²) in [6.45, 7) is 0.874. The molecule has 4 N–H and O–H groups in total. The molecule has 2 aromatic carbocycles. The van der Waals surface area contributed by atoms with E-state index in [1.165, 1.54) is 12.3 Å². The minimum absolute atomic E-state index is 0.196. The van der Waals surface area contributed by atoms with Crippen molar-refractivity contribution in [1.29, 1.82) is 0 Å². The van der Waals surface area contributed by atoms with Crippen LogP contribution in [0, 0.1) is 0 Å². The standard InChI is InChI=1S/C29H29N5O4/c1-37-21-3-5-25-23(14-21)19(16-33-25)8-11-31-28(35)18-7-10-30-27(13-18)29(36)32-12-9-20-17-34-26-6-4-22(38-2)15-24(20)26/h3-7,10,13-17,33-34H,8-9,11-12H2,1-2H3,(H,31,35)(H,32,36). The van der Waals surface area contributed by atoms with Crippen LogP contribution in [0.15, 0.2) is 67.1 Å². The number of carbonyl (C=O) groups is 2. The summed E-state index contributed by atoms with van der Waals surface area (Å²) < 4.78 is 10.6. The number of methoxy groups -OCH3 is 2. The van der Waals surface area contributed by atoms with Gasteiger partial charge in [0.05, 0.1) is 14.2 Å². The van der Waals surface area contributed by atoms with Crippen LogP contribution in [0.25, 0.3) is 21.8 Å². The summed E-state index contributed by atoms with van der Waals surface area (Å²) in [6.07, 6.45) is 6.64. The van der Waals surface area contributed by atoms with Crippen LogP contribution in [0.2, 0.25) is 0 Å². The van der Waals surface area contributed by atoms with Crippen molar-refractivity contribution in [2.24, 2.45) is 0 Å². The third-order valence-electron chi connectivity index (χ3n) is 6.56. The molecule has 5 rings (SSSR count). The second-order valence-corrected chi connectivity index (χ2v) is 8.89. The van der Waals surface area contributed by atoms with Gasteiger partial charge in [-0.15, -0.1) is 0 Å². The van der Waals surface area contributed by atoms with Gasteiger partial charge in [0.25, 0.3) is 11.8 Å². The highest BCUT2D eigenvalue weighted by atomic mass is 16.5. The molecule has 194 valence electrons. The van der Waals surface area contributed by atoms with Gasteiger partial charge in [-0.05, 0) is 72.5 Å². The van der Waals surface area contributed by atoms with E-state index in [-0.39, 0.29) is 17.5 Å². The predicted molar refractivity (Wildman–Crippen MR) is 146 cm³/mol. The van der Waals surface area contributed by atoms with Crippen LogP contribution in [0.3, 0.4) is 0 Å². The number of carbonyl (C=O) groups excluding carboxylic acids is 2. The highest BCUT2D eigenvalue weighted by Crippen LogP contribution is 2.25. The summed E-state index contributed by atoms with van der Waals surface area (Å²) in [7, 11) is 3.27. The van der Waals surface area contributed by atoms with Crippen molar-refractivity contribution >= 4 is 33.6 Å². The Balaban J connectivity index is 1.15. The van der Waals surface area contributed by atoms with E-state index in [0.717, 1.165) is 44.4 Å². The lowest BCUT2D eigenvalue weighted by Gasteiger charge is -2.08. The lowest BCUT2D eigenvalue weighted by Crippen LogP contribution is -2.28. The van der Waals surface area contributed by atoms with Gasteiger partial charge >= 0.3 is 0 Å². The Hall–Kier alpha value is -4.79. The van der Waals surface area contributed by atoms with Crippen LogP contribution >= 0.6 is 0 Å².